The highest BCUT2D eigenvalue weighted by Crippen LogP contribution is 2.41. The third kappa shape index (κ3) is 4.25. The van der Waals surface area contributed by atoms with Crippen LogP contribution in [0.2, 0.25) is 5.02 Å². The molecule has 11 heteroatoms. The summed E-state index contributed by atoms with van der Waals surface area (Å²) in [5, 5.41) is 8.62. The number of primary amides is 1. The largest absolute Gasteiger partial charge is 0.470 e. The molecule has 1 aliphatic rings. The highest BCUT2D eigenvalue weighted by molar-refractivity contribution is 6.33. The number of nitrogens with two attached hydrogens (primary N) is 1. The maximum Gasteiger partial charge on any atom is 0.245 e. The molecule has 1 saturated carbocycles. The smallest absolute Gasteiger partial charge is 0.245 e. The molecule has 0 spiro atoms. The van der Waals surface area contributed by atoms with Crippen LogP contribution in [0.4, 0.5) is 0 Å². The van der Waals surface area contributed by atoms with E-state index in [0.717, 1.165) is 12.8 Å². The Morgan fingerprint density at radius 3 is 2.73 bits per heavy atom. The fourth-order valence-corrected chi connectivity index (χ4v) is 3.83. The fourth-order valence-electron chi connectivity index (χ4n) is 3.54. The maximum absolute atomic E-state index is 11.3. The van der Waals surface area contributed by atoms with Gasteiger partial charge in [-0.15, -0.1) is 10.2 Å². The normalized spacial score (nSPS) is 14.5. The molecule has 1 fully saturated rings. The molecule has 0 unspecified atom stereocenters. The van der Waals surface area contributed by atoms with E-state index in [2.05, 4.69) is 20.2 Å². The van der Waals surface area contributed by atoms with Gasteiger partial charge in [0, 0.05) is 12.0 Å². The van der Waals surface area contributed by atoms with Gasteiger partial charge in [0.2, 0.25) is 23.6 Å². The Hall–Kier alpha value is -3.53. The molecule has 1 aliphatic carbocycles. The third-order valence-electron chi connectivity index (χ3n) is 5.55. The van der Waals surface area contributed by atoms with Crippen molar-refractivity contribution >= 4 is 28.7 Å². The summed E-state index contributed by atoms with van der Waals surface area (Å²) < 4.78 is 13.7. The Morgan fingerprint density at radius 2 is 2.06 bits per heavy atom. The molecule has 0 radical (unpaired) electrons. The van der Waals surface area contributed by atoms with Gasteiger partial charge in [-0.2, -0.15) is 4.98 Å². The maximum atomic E-state index is 11.3. The van der Waals surface area contributed by atoms with Crippen molar-refractivity contribution in [1.29, 1.82) is 0 Å². The van der Waals surface area contributed by atoms with Crippen LogP contribution in [0.25, 0.3) is 22.6 Å². The summed E-state index contributed by atoms with van der Waals surface area (Å²) in [6.07, 6.45) is 4.10. The van der Waals surface area contributed by atoms with Gasteiger partial charge in [0.25, 0.3) is 0 Å². The Bertz CT molecular complexity index is 1360. The van der Waals surface area contributed by atoms with Crippen molar-refractivity contribution in [2.24, 2.45) is 5.73 Å². The van der Waals surface area contributed by atoms with Crippen molar-refractivity contribution in [1.82, 2.24) is 29.7 Å². The average Bonchev–Trinajstić information content (AvgIpc) is 3.18. The average molecular weight is 468 g/mol. The highest BCUT2D eigenvalue weighted by Gasteiger charge is 2.41. The summed E-state index contributed by atoms with van der Waals surface area (Å²) in [6.45, 7) is 4.22. The quantitative estimate of drug-likeness (QED) is 0.417. The zero-order valence-corrected chi connectivity index (χ0v) is 19.0. The number of aryl methyl sites for hydroxylation is 1. The lowest BCUT2D eigenvalue weighted by molar-refractivity contribution is -0.117. The van der Waals surface area contributed by atoms with E-state index < -0.39 is 5.91 Å². The molecule has 0 saturated heterocycles. The van der Waals surface area contributed by atoms with Gasteiger partial charge in [0.05, 0.1) is 11.4 Å². The van der Waals surface area contributed by atoms with Crippen molar-refractivity contribution in [2.45, 2.75) is 51.7 Å². The molecule has 10 nitrogen and oxygen atoms in total. The zero-order valence-electron chi connectivity index (χ0n) is 18.2. The van der Waals surface area contributed by atoms with Crippen LogP contribution < -0.4 is 10.5 Å². The predicted octanol–water partition coefficient (Wildman–Crippen LogP) is 3.10. The number of halogens is 1. The molecule has 33 heavy (non-hydrogen) atoms. The number of nitrogens with zero attached hydrogens (tertiary/aromatic N) is 6. The molecule has 0 aliphatic heterocycles. The van der Waals surface area contributed by atoms with Gasteiger partial charge in [-0.25, -0.2) is 9.97 Å². The number of hydrogen-bond donors (Lipinski definition) is 1. The number of imidazole rings is 1. The molecule has 2 N–H and O–H groups in total. The number of aromatic nitrogens is 6. The van der Waals surface area contributed by atoms with Crippen molar-refractivity contribution in [2.75, 3.05) is 0 Å². The van der Waals surface area contributed by atoms with Gasteiger partial charge in [-0.3, -0.25) is 9.36 Å². The van der Waals surface area contributed by atoms with E-state index in [9.17, 15) is 4.79 Å². The van der Waals surface area contributed by atoms with Crippen LogP contribution in [0.15, 0.2) is 28.9 Å². The van der Waals surface area contributed by atoms with Gasteiger partial charge in [0.1, 0.15) is 24.3 Å². The van der Waals surface area contributed by atoms with Crippen molar-refractivity contribution in [3.05, 3.63) is 46.9 Å². The van der Waals surface area contributed by atoms with E-state index in [-0.39, 0.29) is 18.6 Å². The number of hydrogen-bond acceptors (Lipinski definition) is 8. The van der Waals surface area contributed by atoms with Crippen molar-refractivity contribution in [3.63, 3.8) is 0 Å². The standard InChI is InChI=1S/C22H22ClN7O3/c1-3-16-28-29-17(32-16)10-30-19(13-5-4-12(8-14(13)23)9-15(24)31)27-18-20(30)25-11-26-21(18)33-22(2)6-7-22/h4-5,8,11H,3,6-7,9-10H2,1-2H3,(H2,24,31). The Morgan fingerprint density at radius 1 is 1.27 bits per heavy atom. The van der Waals surface area contributed by atoms with Crippen LogP contribution in [0, 0.1) is 0 Å². The van der Waals surface area contributed by atoms with Gasteiger partial charge >= 0.3 is 0 Å². The van der Waals surface area contributed by atoms with Crippen LogP contribution >= 0.6 is 11.6 Å². The SMILES string of the molecule is CCc1nnc(Cn2c(-c3ccc(CC(N)=O)cc3Cl)nc3c(OC4(C)CC4)ncnc32)o1. The van der Waals surface area contributed by atoms with Gasteiger partial charge < -0.3 is 14.9 Å². The first kappa shape index (κ1) is 21.3. The lowest BCUT2D eigenvalue weighted by Crippen LogP contribution is -2.13. The fraction of sp³-hybridized carbons (Fsp3) is 0.364. The molecule has 0 atom stereocenters. The molecule has 0 bridgehead atoms. The summed E-state index contributed by atoms with van der Waals surface area (Å²) in [5.41, 5.74) is 7.54. The molecule has 3 heterocycles. The Balaban J connectivity index is 1.64. The van der Waals surface area contributed by atoms with Gasteiger partial charge in [-0.05, 0) is 37.5 Å². The van der Waals surface area contributed by atoms with Crippen molar-refractivity contribution in [3.8, 4) is 17.3 Å². The number of carbonyl (C=O) groups excluding carboxylic acids is 1. The summed E-state index contributed by atoms with van der Waals surface area (Å²) in [5.74, 6) is 1.50. The monoisotopic (exact) mass is 467 g/mol. The van der Waals surface area contributed by atoms with E-state index in [0.29, 0.717) is 57.2 Å². The Labute approximate surface area is 194 Å². The highest BCUT2D eigenvalue weighted by atomic mass is 35.5. The van der Waals surface area contributed by atoms with E-state index >= 15 is 0 Å². The minimum Gasteiger partial charge on any atom is -0.470 e. The zero-order chi connectivity index (χ0) is 23.2. The molecule has 5 rings (SSSR count). The minimum absolute atomic E-state index is 0.0975. The first-order valence-corrected chi connectivity index (χ1v) is 11.0. The van der Waals surface area contributed by atoms with E-state index in [4.69, 9.17) is 31.5 Å². The summed E-state index contributed by atoms with van der Waals surface area (Å²) >= 11 is 6.61. The number of fused-ring (bicyclic) bond motifs is 1. The molecular formula is C22H22ClN7O3. The number of benzene rings is 1. The minimum atomic E-state index is -0.431. The molecule has 1 aromatic carbocycles. The number of amides is 1. The summed E-state index contributed by atoms with van der Waals surface area (Å²) in [4.78, 5) is 24.9. The van der Waals surface area contributed by atoms with Crippen LogP contribution in [0.5, 0.6) is 5.88 Å². The Kier molecular flexibility index (Phi) is 5.24. The second-order valence-corrected chi connectivity index (χ2v) is 8.73. The third-order valence-corrected chi connectivity index (χ3v) is 5.87. The second kappa shape index (κ2) is 8.11. The molecule has 1 amide bonds. The van der Waals surface area contributed by atoms with Gasteiger partial charge in [0.15, 0.2) is 11.2 Å². The lowest BCUT2D eigenvalue weighted by Gasteiger charge is -2.11. The molecular weight excluding hydrogens is 446 g/mol. The van der Waals surface area contributed by atoms with Crippen LogP contribution in [0.3, 0.4) is 0 Å². The predicted molar refractivity (Wildman–Crippen MR) is 120 cm³/mol. The topological polar surface area (TPSA) is 135 Å². The number of ether oxygens (including phenoxy) is 1. The summed E-state index contributed by atoms with van der Waals surface area (Å²) in [6, 6.07) is 5.31. The number of rotatable bonds is 8. The van der Waals surface area contributed by atoms with E-state index in [1.54, 1.807) is 18.2 Å². The lowest BCUT2D eigenvalue weighted by atomic mass is 10.1. The van der Waals surface area contributed by atoms with E-state index in [1.165, 1.54) is 6.33 Å². The van der Waals surface area contributed by atoms with E-state index in [1.807, 2.05) is 18.4 Å². The van der Waals surface area contributed by atoms with Crippen LogP contribution in [0.1, 0.15) is 44.0 Å². The van der Waals surface area contributed by atoms with Crippen LogP contribution in [-0.2, 0) is 24.2 Å². The van der Waals surface area contributed by atoms with Crippen LogP contribution in [-0.4, -0.2) is 41.2 Å². The molecule has 3 aromatic heterocycles. The first-order valence-electron chi connectivity index (χ1n) is 10.6. The summed E-state index contributed by atoms with van der Waals surface area (Å²) in [7, 11) is 0. The van der Waals surface area contributed by atoms with Crippen molar-refractivity contribution < 1.29 is 13.9 Å². The number of carbonyl (C=O) groups is 1. The second-order valence-electron chi connectivity index (χ2n) is 8.32. The first-order chi connectivity index (χ1) is 15.8. The van der Waals surface area contributed by atoms with Gasteiger partial charge in [-0.1, -0.05) is 24.6 Å². The molecule has 170 valence electrons. The molecule has 4 aromatic rings.